The van der Waals surface area contributed by atoms with Crippen LogP contribution in [-0.4, -0.2) is 30.9 Å². The van der Waals surface area contributed by atoms with Gasteiger partial charge in [-0.05, 0) is 27.7 Å². The molecule has 0 aliphatic carbocycles. The minimum absolute atomic E-state index is 0.215. The molecule has 82 valence electrons. The molecule has 0 aliphatic rings. The lowest BCUT2D eigenvalue weighted by Gasteiger charge is -2.19. The molecular formula is C9H16O5. The van der Waals surface area contributed by atoms with E-state index in [0.29, 0.717) is 0 Å². The second-order valence-corrected chi connectivity index (χ2v) is 3.56. The fourth-order valence-electron chi connectivity index (χ4n) is 0.648. The lowest BCUT2D eigenvalue weighted by molar-refractivity contribution is -0.159. The minimum atomic E-state index is -0.863. The first-order valence-corrected chi connectivity index (χ1v) is 4.36. The Balaban J connectivity index is 3.70. The van der Waals surface area contributed by atoms with Crippen LogP contribution < -0.4 is 0 Å². The molecule has 0 fully saturated rings. The molecule has 5 heteroatoms. The van der Waals surface area contributed by atoms with Gasteiger partial charge in [0, 0.05) is 0 Å². The molecule has 0 unspecified atom stereocenters. The highest BCUT2D eigenvalue weighted by molar-refractivity contribution is 5.74. The normalized spacial score (nSPS) is 10.6. The van der Waals surface area contributed by atoms with Crippen molar-refractivity contribution in [3.8, 4) is 0 Å². The van der Waals surface area contributed by atoms with Crippen molar-refractivity contribution in [3.05, 3.63) is 0 Å². The smallest absolute Gasteiger partial charge is 0.457 e. The predicted octanol–water partition coefficient (Wildman–Crippen LogP) is 1.50. The maximum atomic E-state index is 11.0. The van der Waals surface area contributed by atoms with Crippen molar-refractivity contribution < 1.29 is 23.8 Å². The average Bonchev–Trinajstić information content (AvgIpc) is 1.98. The van der Waals surface area contributed by atoms with Crippen molar-refractivity contribution in [2.75, 3.05) is 13.2 Å². The number of ether oxygens (including phenoxy) is 3. The van der Waals surface area contributed by atoms with Crippen LogP contribution in [0.5, 0.6) is 0 Å². The van der Waals surface area contributed by atoms with Gasteiger partial charge in [0.2, 0.25) is 0 Å². The maximum Gasteiger partial charge on any atom is 0.508 e. The van der Waals surface area contributed by atoms with Crippen molar-refractivity contribution in [1.82, 2.24) is 0 Å². The highest BCUT2D eigenvalue weighted by atomic mass is 16.7. The zero-order chi connectivity index (χ0) is 11.2. The topological polar surface area (TPSA) is 61.8 Å². The Hall–Kier alpha value is -1.26. The van der Waals surface area contributed by atoms with E-state index >= 15 is 0 Å². The highest BCUT2D eigenvalue weighted by Gasteiger charge is 2.17. The molecule has 14 heavy (non-hydrogen) atoms. The number of esters is 1. The second-order valence-electron chi connectivity index (χ2n) is 3.56. The monoisotopic (exact) mass is 204 g/mol. The van der Waals surface area contributed by atoms with Crippen LogP contribution in [0.3, 0.4) is 0 Å². The molecule has 0 radical (unpaired) electrons. The lowest BCUT2D eigenvalue weighted by atomic mass is 10.2. The fraction of sp³-hybridized carbons (Fsp3) is 0.778. The van der Waals surface area contributed by atoms with E-state index in [2.05, 4.69) is 9.47 Å². The van der Waals surface area contributed by atoms with Crippen LogP contribution in [0.4, 0.5) is 4.79 Å². The van der Waals surface area contributed by atoms with E-state index in [9.17, 15) is 9.59 Å². The van der Waals surface area contributed by atoms with E-state index in [-0.39, 0.29) is 6.61 Å². The third kappa shape index (κ3) is 7.39. The van der Waals surface area contributed by atoms with Crippen LogP contribution in [0.15, 0.2) is 0 Å². The summed E-state index contributed by atoms with van der Waals surface area (Å²) in [5, 5.41) is 0. The molecule has 0 aromatic rings. The van der Waals surface area contributed by atoms with E-state index in [1.165, 1.54) is 0 Å². The summed E-state index contributed by atoms with van der Waals surface area (Å²) in [6, 6.07) is 0. The number of hydrogen-bond acceptors (Lipinski definition) is 5. The van der Waals surface area contributed by atoms with Gasteiger partial charge in [0.05, 0.1) is 6.61 Å². The summed E-state index contributed by atoms with van der Waals surface area (Å²) in [6.07, 6.45) is -0.863. The van der Waals surface area contributed by atoms with Gasteiger partial charge in [0.25, 0.3) is 0 Å². The molecule has 5 nitrogen and oxygen atoms in total. The molecule has 0 bridgehead atoms. The third-order valence-electron chi connectivity index (χ3n) is 0.990. The summed E-state index contributed by atoms with van der Waals surface area (Å²) in [5.41, 5.74) is -0.574. The second kappa shape index (κ2) is 5.47. The van der Waals surface area contributed by atoms with Gasteiger partial charge in [0.15, 0.2) is 6.61 Å². The van der Waals surface area contributed by atoms with Crippen molar-refractivity contribution in [1.29, 1.82) is 0 Å². The lowest BCUT2D eigenvalue weighted by Crippen LogP contribution is -2.27. The number of carbonyl (C=O) groups excluding carboxylic acids is 2. The van der Waals surface area contributed by atoms with Gasteiger partial charge < -0.3 is 14.2 Å². The maximum absolute atomic E-state index is 11.0. The summed E-state index contributed by atoms with van der Waals surface area (Å²) in [5.74, 6) is -0.592. The molecule has 0 saturated heterocycles. The zero-order valence-electron chi connectivity index (χ0n) is 8.96. The van der Waals surface area contributed by atoms with Crippen molar-refractivity contribution in [2.45, 2.75) is 33.3 Å². The molecule has 0 aliphatic heterocycles. The Morgan fingerprint density at radius 2 is 1.71 bits per heavy atom. The van der Waals surface area contributed by atoms with E-state index in [4.69, 9.17) is 4.74 Å². The van der Waals surface area contributed by atoms with Gasteiger partial charge in [-0.2, -0.15) is 0 Å². The zero-order valence-corrected chi connectivity index (χ0v) is 8.96. The first-order chi connectivity index (χ1) is 6.35. The Morgan fingerprint density at radius 1 is 1.14 bits per heavy atom. The molecule has 0 saturated carbocycles. The van der Waals surface area contributed by atoms with Gasteiger partial charge in [-0.1, -0.05) is 0 Å². The Morgan fingerprint density at radius 3 is 2.14 bits per heavy atom. The van der Waals surface area contributed by atoms with Gasteiger partial charge in [0.1, 0.15) is 5.60 Å². The molecule has 0 amide bonds. The molecule has 0 atom stereocenters. The molecule has 0 spiro atoms. The largest absolute Gasteiger partial charge is 0.508 e. The molecule has 0 aromatic carbocycles. The van der Waals surface area contributed by atoms with Gasteiger partial charge in [-0.15, -0.1) is 0 Å². The SMILES string of the molecule is CCOC(=O)OCC(=O)OC(C)(C)C. The first kappa shape index (κ1) is 12.7. The Kier molecular flexibility index (Phi) is 4.97. The summed E-state index contributed by atoms with van der Waals surface area (Å²) in [4.78, 5) is 21.7. The van der Waals surface area contributed by atoms with Crippen LogP contribution in [0, 0.1) is 0 Å². The molecule has 0 rings (SSSR count). The fourth-order valence-corrected chi connectivity index (χ4v) is 0.648. The standard InChI is InChI=1S/C9H16O5/c1-5-12-8(11)13-6-7(10)14-9(2,3)4/h5-6H2,1-4H3. The summed E-state index contributed by atoms with van der Waals surface area (Å²) < 4.78 is 13.8. The Bertz CT molecular complexity index is 204. The third-order valence-corrected chi connectivity index (χ3v) is 0.990. The Labute approximate surface area is 83.3 Å². The number of carbonyl (C=O) groups is 2. The van der Waals surface area contributed by atoms with Crippen LogP contribution in [0.1, 0.15) is 27.7 Å². The molecular weight excluding hydrogens is 188 g/mol. The minimum Gasteiger partial charge on any atom is -0.457 e. The summed E-state index contributed by atoms with van der Waals surface area (Å²) in [6.45, 7) is 6.64. The van der Waals surface area contributed by atoms with Crippen molar-refractivity contribution >= 4 is 12.1 Å². The van der Waals surface area contributed by atoms with Crippen molar-refractivity contribution in [3.63, 3.8) is 0 Å². The van der Waals surface area contributed by atoms with Gasteiger partial charge >= 0.3 is 12.1 Å². The van der Waals surface area contributed by atoms with E-state index in [1.807, 2.05) is 0 Å². The number of hydrogen-bond donors (Lipinski definition) is 0. The average molecular weight is 204 g/mol. The van der Waals surface area contributed by atoms with Crippen LogP contribution in [-0.2, 0) is 19.0 Å². The van der Waals surface area contributed by atoms with E-state index in [0.717, 1.165) is 0 Å². The van der Waals surface area contributed by atoms with E-state index in [1.54, 1.807) is 27.7 Å². The molecule has 0 aromatic heterocycles. The van der Waals surface area contributed by atoms with Gasteiger partial charge in [-0.3, -0.25) is 0 Å². The van der Waals surface area contributed by atoms with Crippen molar-refractivity contribution in [2.24, 2.45) is 0 Å². The van der Waals surface area contributed by atoms with Gasteiger partial charge in [-0.25, -0.2) is 9.59 Å². The van der Waals surface area contributed by atoms with Crippen LogP contribution in [0.2, 0.25) is 0 Å². The van der Waals surface area contributed by atoms with Crippen LogP contribution >= 0.6 is 0 Å². The summed E-state index contributed by atoms with van der Waals surface area (Å²) >= 11 is 0. The predicted molar refractivity (Wildman–Crippen MR) is 48.8 cm³/mol. The molecule has 0 N–H and O–H groups in total. The quantitative estimate of drug-likeness (QED) is 0.652. The number of rotatable bonds is 3. The summed E-state index contributed by atoms with van der Waals surface area (Å²) in [7, 11) is 0. The van der Waals surface area contributed by atoms with E-state index < -0.39 is 24.3 Å². The highest BCUT2D eigenvalue weighted by Crippen LogP contribution is 2.06. The van der Waals surface area contributed by atoms with Crippen LogP contribution in [0.25, 0.3) is 0 Å². The molecule has 0 heterocycles. The first-order valence-electron chi connectivity index (χ1n) is 4.36.